The molecule has 1 aromatic carbocycles. The van der Waals surface area contributed by atoms with Gasteiger partial charge in [0.2, 0.25) is 15.9 Å². The predicted octanol–water partition coefficient (Wildman–Crippen LogP) is 1.48. The number of carbonyl (C=O) groups is 1. The smallest absolute Gasteiger partial charge is 0.220 e. The quantitative estimate of drug-likeness (QED) is 0.894. The number of hydrogen-bond acceptors (Lipinski definition) is 4. The summed E-state index contributed by atoms with van der Waals surface area (Å²) in [7, 11) is -1.52. The molecule has 24 heavy (non-hydrogen) atoms. The van der Waals surface area contributed by atoms with Crippen LogP contribution in [0.3, 0.4) is 0 Å². The van der Waals surface area contributed by atoms with Crippen molar-refractivity contribution in [3.8, 4) is 5.75 Å². The van der Waals surface area contributed by atoms with Gasteiger partial charge in [0.05, 0.1) is 6.26 Å². The molecule has 7 heteroatoms. The molecule has 1 amide bonds. The number of ether oxygens (including phenoxy) is 1. The Morgan fingerprint density at radius 1 is 1.33 bits per heavy atom. The van der Waals surface area contributed by atoms with E-state index in [1.165, 1.54) is 10.6 Å². The average Bonchev–Trinajstić information content (AvgIpc) is 2.54. The van der Waals surface area contributed by atoms with Gasteiger partial charge >= 0.3 is 0 Å². The van der Waals surface area contributed by atoms with E-state index in [2.05, 4.69) is 5.32 Å². The molecule has 0 aliphatic carbocycles. The van der Waals surface area contributed by atoms with E-state index in [1.807, 2.05) is 24.3 Å². The normalized spacial score (nSPS) is 23.3. The summed E-state index contributed by atoms with van der Waals surface area (Å²) < 4.78 is 31.3. The lowest BCUT2D eigenvalue weighted by atomic mass is 9.76. The highest BCUT2D eigenvalue weighted by Gasteiger charge is 2.44. The van der Waals surface area contributed by atoms with E-state index in [4.69, 9.17) is 4.74 Å². The van der Waals surface area contributed by atoms with E-state index in [9.17, 15) is 13.2 Å². The standard InChI is InChI=1S/C17H24N2O4S/c1-18-16(20)11-13-12-17(23-15-6-4-3-5-14(13)15)7-9-19(10-8-17)24(2,21)22/h3-6,13H,7-12H2,1-2H3,(H,18,20)/t13-/m1/s1. The number of fused-ring (bicyclic) bond motifs is 1. The van der Waals surface area contributed by atoms with Crippen molar-refractivity contribution in [1.82, 2.24) is 9.62 Å². The number of nitrogens with zero attached hydrogens (tertiary/aromatic N) is 1. The Labute approximate surface area is 143 Å². The summed E-state index contributed by atoms with van der Waals surface area (Å²) >= 11 is 0. The number of benzene rings is 1. The lowest BCUT2D eigenvalue weighted by molar-refractivity contribution is -0.121. The van der Waals surface area contributed by atoms with E-state index in [-0.39, 0.29) is 17.4 Å². The van der Waals surface area contributed by atoms with Crippen molar-refractivity contribution < 1.29 is 17.9 Å². The molecule has 1 fully saturated rings. The first-order valence-electron chi connectivity index (χ1n) is 8.27. The maximum absolute atomic E-state index is 11.9. The van der Waals surface area contributed by atoms with Crippen LogP contribution in [0.25, 0.3) is 0 Å². The number of hydrogen-bond donors (Lipinski definition) is 1. The highest BCUT2D eigenvalue weighted by molar-refractivity contribution is 7.88. The van der Waals surface area contributed by atoms with E-state index in [0.717, 1.165) is 17.7 Å². The molecule has 0 saturated carbocycles. The first kappa shape index (κ1) is 17.2. The number of sulfonamides is 1. The van der Waals surface area contributed by atoms with Crippen molar-refractivity contribution >= 4 is 15.9 Å². The van der Waals surface area contributed by atoms with Crippen molar-refractivity contribution in [2.24, 2.45) is 0 Å². The summed E-state index contributed by atoms with van der Waals surface area (Å²) in [6.07, 6.45) is 3.72. The third-order valence-corrected chi connectivity index (χ3v) is 6.42. The predicted molar refractivity (Wildman–Crippen MR) is 91.5 cm³/mol. The largest absolute Gasteiger partial charge is 0.487 e. The SMILES string of the molecule is CNC(=O)C[C@@H]1CC2(CCN(S(C)(=O)=O)CC2)Oc2ccccc21. The number of nitrogens with one attached hydrogen (secondary N) is 1. The summed E-state index contributed by atoms with van der Waals surface area (Å²) in [5.41, 5.74) is 0.686. The summed E-state index contributed by atoms with van der Waals surface area (Å²) in [5, 5.41) is 2.69. The summed E-state index contributed by atoms with van der Waals surface area (Å²) in [6, 6.07) is 7.85. The van der Waals surface area contributed by atoms with Gasteiger partial charge in [-0.05, 0) is 18.1 Å². The highest BCUT2D eigenvalue weighted by atomic mass is 32.2. The van der Waals surface area contributed by atoms with Crippen LogP contribution in [0.1, 0.15) is 37.2 Å². The monoisotopic (exact) mass is 352 g/mol. The van der Waals surface area contributed by atoms with Crippen LogP contribution in [0.15, 0.2) is 24.3 Å². The van der Waals surface area contributed by atoms with Crippen molar-refractivity contribution in [2.75, 3.05) is 26.4 Å². The summed E-state index contributed by atoms with van der Waals surface area (Å²) in [4.78, 5) is 11.9. The van der Waals surface area contributed by atoms with E-state index in [1.54, 1.807) is 7.05 Å². The highest BCUT2D eigenvalue weighted by Crippen LogP contribution is 2.46. The molecule has 1 aromatic rings. The molecule has 1 atom stereocenters. The topological polar surface area (TPSA) is 75.7 Å². The molecule has 2 aliphatic heterocycles. The minimum absolute atomic E-state index is 0.0143. The van der Waals surface area contributed by atoms with Crippen molar-refractivity contribution in [3.63, 3.8) is 0 Å². The molecule has 2 heterocycles. The van der Waals surface area contributed by atoms with Crippen LogP contribution in [0.4, 0.5) is 0 Å². The van der Waals surface area contributed by atoms with E-state index >= 15 is 0 Å². The second-order valence-electron chi connectivity index (χ2n) is 6.76. The van der Waals surface area contributed by atoms with Crippen LogP contribution in [-0.4, -0.2) is 50.6 Å². The van der Waals surface area contributed by atoms with Gasteiger partial charge in [-0.1, -0.05) is 18.2 Å². The second-order valence-corrected chi connectivity index (χ2v) is 8.75. The van der Waals surface area contributed by atoms with Crippen LogP contribution in [-0.2, 0) is 14.8 Å². The van der Waals surface area contributed by atoms with Crippen molar-refractivity contribution in [3.05, 3.63) is 29.8 Å². The zero-order chi connectivity index (χ0) is 17.4. The molecular formula is C17H24N2O4S. The van der Waals surface area contributed by atoms with Gasteiger partial charge in [0.1, 0.15) is 11.4 Å². The molecule has 3 rings (SSSR count). The third-order valence-electron chi connectivity index (χ3n) is 5.12. The Hall–Kier alpha value is -1.60. The molecule has 0 radical (unpaired) electrons. The minimum Gasteiger partial charge on any atom is -0.487 e. The fraction of sp³-hybridized carbons (Fsp3) is 0.588. The molecule has 1 spiro atoms. The van der Waals surface area contributed by atoms with Gasteiger partial charge < -0.3 is 10.1 Å². The number of para-hydroxylation sites is 1. The summed E-state index contributed by atoms with van der Waals surface area (Å²) in [5.74, 6) is 0.936. The van der Waals surface area contributed by atoms with Crippen LogP contribution in [0.2, 0.25) is 0 Å². The van der Waals surface area contributed by atoms with Gasteiger partial charge in [0.25, 0.3) is 0 Å². The molecule has 0 unspecified atom stereocenters. The Morgan fingerprint density at radius 3 is 2.62 bits per heavy atom. The Bertz CT molecular complexity index is 724. The van der Waals surface area contributed by atoms with Crippen LogP contribution in [0, 0.1) is 0 Å². The Balaban J connectivity index is 1.83. The van der Waals surface area contributed by atoms with Gasteiger partial charge in [-0.3, -0.25) is 4.79 Å². The molecule has 6 nitrogen and oxygen atoms in total. The lowest BCUT2D eigenvalue weighted by Crippen LogP contribution is -2.51. The summed E-state index contributed by atoms with van der Waals surface area (Å²) in [6.45, 7) is 0.932. The second kappa shape index (κ2) is 6.37. The van der Waals surface area contributed by atoms with E-state index < -0.39 is 10.0 Å². The van der Waals surface area contributed by atoms with Crippen LogP contribution in [0.5, 0.6) is 5.75 Å². The fourth-order valence-electron chi connectivity index (χ4n) is 3.78. The fourth-order valence-corrected chi connectivity index (χ4v) is 4.63. The number of amides is 1. The molecule has 2 aliphatic rings. The molecule has 1 N–H and O–H groups in total. The number of piperidine rings is 1. The number of rotatable bonds is 3. The van der Waals surface area contributed by atoms with Gasteiger partial charge in [0.15, 0.2) is 0 Å². The first-order chi connectivity index (χ1) is 11.3. The Morgan fingerprint density at radius 2 is 2.00 bits per heavy atom. The van der Waals surface area contributed by atoms with Crippen LogP contribution < -0.4 is 10.1 Å². The van der Waals surface area contributed by atoms with Crippen molar-refractivity contribution in [2.45, 2.75) is 37.2 Å². The van der Waals surface area contributed by atoms with Gasteiger partial charge in [0, 0.05) is 45.3 Å². The zero-order valence-electron chi connectivity index (χ0n) is 14.1. The maximum atomic E-state index is 11.9. The van der Waals surface area contributed by atoms with E-state index in [0.29, 0.717) is 32.4 Å². The number of carbonyl (C=O) groups excluding carboxylic acids is 1. The van der Waals surface area contributed by atoms with Gasteiger partial charge in [-0.15, -0.1) is 0 Å². The third kappa shape index (κ3) is 3.42. The molecule has 132 valence electrons. The first-order valence-corrected chi connectivity index (χ1v) is 10.1. The molecule has 0 bridgehead atoms. The maximum Gasteiger partial charge on any atom is 0.220 e. The minimum atomic E-state index is -3.16. The average molecular weight is 352 g/mol. The Kier molecular flexibility index (Phi) is 4.57. The molecular weight excluding hydrogens is 328 g/mol. The van der Waals surface area contributed by atoms with Gasteiger partial charge in [-0.25, -0.2) is 12.7 Å². The van der Waals surface area contributed by atoms with Crippen molar-refractivity contribution in [1.29, 1.82) is 0 Å². The van der Waals surface area contributed by atoms with Gasteiger partial charge in [-0.2, -0.15) is 0 Å². The molecule has 0 aromatic heterocycles. The van der Waals surface area contributed by atoms with Crippen LogP contribution >= 0.6 is 0 Å². The lowest BCUT2D eigenvalue weighted by Gasteiger charge is -2.46. The zero-order valence-corrected chi connectivity index (χ0v) is 14.9. The molecule has 1 saturated heterocycles.